The molecule has 0 amide bonds. The van der Waals surface area contributed by atoms with Gasteiger partial charge in [-0.2, -0.15) is 0 Å². The first-order chi connectivity index (χ1) is 0. The van der Waals surface area contributed by atoms with Crippen molar-refractivity contribution in [3.05, 3.63) is 0 Å². The Kier molecular flexibility index (Phi) is 318. The van der Waals surface area contributed by atoms with E-state index in [4.69, 9.17) is 0 Å². The summed E-state index contributed by atoms with van der Waals surface area (Å²) in [5.41, 5.74) is 0. The minimum absolute atomic E-state index is 0. The molecule has 4 heavy (non-hydrogen) atoms. The fourth-order valence-corrected chi connectivity index (χ4v) is 0. The van der Waals surface area contributed by atoms with Gasteiger partial charge >= 0.3 is 0 Å². The fourth-order valence-electron chi connectivity index (χ4n) is 0. The molecule has 0 aliphatic carbocycles. The molecule has 0 bridgehead atoms. The molecule has 0 fully saturated rings. The van der Waals surface area contributed by atoms with Crippen LogP contribution in [0.5, 0.6) is 0 Å². The first-order valence-electron chi connectivity index (χ1n) is 0. The second-order valence-electron chi connectivity index (χ2n) is 0. The molecule has 0 nitrogen and oxygen atoms in total. The van der Waals surface area contributed by atoms with Crippen molar-refractivity contribution < 1.29 is 37.6 Å². The summed E-state index contributed by atoms with van der Waals surface area (Å²) in [4.78, 5) is 0. The summed E-state index contributed by atoms with van der Waals surface area (Å²) < 4.78 is 0. The van der Waals surface area contributed by atoms with Crippen LogP contribution in [0.3, 0.4) is 0 Å². The molecule has 4 heteroatoms. The third-order valence-electron chi connectivity index (χ3n) is 0. The van der Waals surface area contributed by atoms with E-state index in [0.29, 0.717) is 0 Å². The van der Waals surface area contributed by atoms with E-state index in [-0.39, 0.29) is 56.9 Å². The predicted molar refractivity (Wildman–Crippen MR) is 15.7 cm³/mol. The van der Waals surface area contributed by atoms with Crippen molar-refractivity contribution in [3.8, 4) is 0 Å². The van der Waals surface area contributed by atoms with Crippen LogP contribution in [0.1, 0.15) is 0 Å². The van der Waals surface area contributed by atoms with E-state index in [2.05, 4.69) is 0 Å². The van der Waals surface area contributed by atoms with Crippen LogP contribution in [0, 0.1) is 0 Å². The molecule has 0 rings (SSSR count). The van der Waals surface area contributed by atoms with Gasteiger partial charge in [0.1, 0.15) is 0 Å². The fraction of sp³-hybridized carbons (Fsp3) is 0. The second-order valence-corrected chi connectivity index (χ2v) is 0. The van der Waals surface area contributed by atoms with Gasteiger partial charge in [0.05, 0.1) is 0 Å². The normalized spacial score (nSPS) is 0. The topological polar surface area (TPSA) is 0 Å². The van der Waals surface area contributed by atoms with Gasteiger partial charge in [-0.15, -0.1) is 0 Å². The van der Waals surface area contributed by atoms with Crippen molar-refractivity contribution in [1.82, 2.24) is 0 Å². The molecule has 0 N–H and O–H groups in total. The van der Waals surface area contributed by atoms with Crippen LogP contribution in [0.4, 0.5) is 0 Å². The Morgan fingerprint density at radius 1 is 1.00 bits per heavy atom. The molecule has 0 spiro atoms. The van der Waals surface area contributed by atoms with E-state index in [1.807, 2.05) is 0 Å². The average Bonchev–Trinajstić information content (AvgIpc) is 0. The molecule has 0 saturated heterocycles. The quantitative estimate of drug-likeness (QED) is 0.472. The summed E-state index contributed by atoms with van der Waals surface area (Å²) in [6.45, 7) is 0. The summed E-state index contributed by atoms with van der Waals surface area (Å²) in [5, 5.41) is 0. The Balaban J connectivity index is 0. The van der Waals surface area contributed by atoms with Gasteiger partial charge in [-0.3, -0.25) is 0 Å². The molecule has 0 aromatic heterocycles. The molecule has 0 unspecified atom stereocenters. The number of rotatable bonds is 0. The largest absolute Gasteiger partial charge is 0.0125 e. The van der Waals surface area contributed by atoms with Crippen molar-refractivity contribution in [2.24, 2.45) is 0 Å². The van der Waals surface area contributed by atoms with Gasteiger partial charge in [0.25, 0.3) is 0 Å². The van der Waals surface area contributed by atoms with Crippen molar-refractivity contribution in [2.45, 2.75) is 0 Å². The van der Waals surface area contributed by atoms with Gasteiger partial charge in [-0.25, -0.2) is 0 Å². The molecule has 0 aromatic carbocycles. The maximum Gasteiger partial charge on any atom is 0 e. The maximum absolute atomic E-state index is 0. The van der Waals surface area contributed by atoms with E-state index >= 15 is 0 Å². The molecule has 0 atom stereocenters. The number of hydrogen-bond donors (Lipinski definition) is 0. The van der Waals surface area contributed by atoms with E-state index < -0.39 is 0 Å². The zero-order valence-electron chi connectivity index (χ0n) is 2.30. The van der Waals surface area contributed by atoms with Crippen LogP contribution in [-0.4, -0.2) is 19.4 Å². The smallest absolute Gasteiger partial charge is 0 e. The van der Waals surface area contributed by atoms with Crippen LogP contribution in [0.2, 0.25) is 0 Å². The third kappa shape index (κ3) is 9.81. The van der Waals surface area contributed by atoms with Gasteiger partial charge in [0, 0.05) is 46.0 Å². The van der Waals surface area contributed by atoms with Crippen LogP contribution in [0.15, 0.2) is 0 Å². The molecular weight excluding hydrogens is 281 g/mol. The van der Waals surface area contributed by atoms with Crippen molar-refractivity contribution in [1.29, 1.82) is 0 Å². The molecule has 4 radical (unpaired) electrons. The van der Waals surface area contributed by atoms with Gasteiger partial charge in [0.2, 0.25) is 0 Å². The van der Waals surface area contributed by atoms with Crippen LogP contribution >= 0.6 is 0 Å². The number of hydrogen-bond acceptors (Lipinski definition) is 0. The third-order valence-corrected chi connectivity index (χ3v) is 0. The molecule has 0 aliphatic heterocycles. The molecule has 0 heterocycles. The van der Waals surface area contributed by atoms with Crippen molar-refractivity contribution in [2.75, 3.05) is 0 Å². The van der Waals surface area contributed by atoms with Crippen LogP contribution in [-0.2, 0) is 37.6 Å². The summed E-state index contributed by atoms with van der Waals surface area (Å²) in [7, 11) is 0. The monoisotopic (exact) mass is 284 g/mol. The summed E-state index contributed by atoms with van der Waals surface area (Å²) in [5.74, 6) is 0. The zero-order valence-corrected chi connectivity index (χ0v) is 8.22. The first kappa shape index (κ1) is 50.8. The van der Waals surface area contributed by atoms with E-state index in [1.165, 1.54) is 0 Å². The minimum Gasteiger partial charge on any atom is -0.0125 e. The molecule has 0 aromatic rings. The Hall–Kier alpha value is 1.46. The Morgan fingerprint density at radius 2 is 1.00 bits per heavy atom. The summed E-state index contributed by atoms with van der Waals surface area (Å²) in [6.07, 6.45) is 0. The second kappa shape index (κ2) is 25.0. The van der Waals surface area contributed by atoms with E-state index in [9.17, 15) is 0 Å². The molecule has 0 aliphatic rings. The van der Waals surface area contributed by atoms with E-state index in [1.54, 1.807) is 0 Å². The Morgan fingerprint density at radius 3 is 1.00 bits per heavy atom. The van der Waals surface area contributed by atoms with E-state index in [0.717, 1.165) is 0 Å². The minimum atomic E-state index is 0. The van der Waals surface area contributed by atoms with Crippen molar-refractivity contribution >= 4 is 19.4 Å². The maximum atomic E-state index is 0. The SMILES string of the molecule is [B].[Ni].[SiH3].[W]. The molecule has 26 valence electrons. The molecular formula is H3BNiSiW. The van der Waals surface area contributed by atoms with Gasteiger partial charge < -0.3 is 0 Å². The van der Waals surface area contributed by atoms with Gasteiger partial charge in [-0.1, -0.05) is 0 Å². The Bertz CT molecular complexity index is 8.00. The standard InChI is InChI=1S/B.Ni.H3Si.W/h;;1H3;. The van der Waals surface area contributed by atoms with Gasteiger partial charge in [0.15, 0.2) is 0 Å². The average molecular weight is 284 g/mol. The summed E-state index contributed by atoms with van der Waals surface area (Å²) in [6, 6.07) is 0. The summed E-state index contributed by atoms with van der Waals surface area (Å²) >= 11 is 0. The Labute approximate surface area is 56.9 Å². The van der Waals surface area contributed by atoms with Crippen LogP contribution in [0.25, 0.3) is 0 Å². The zero-order chi connectivity index (χ0) is 0. The predicted octanol–water partition coefficient (Wildman–Crippen LogP) is -1.57. The van der Waals surface area contributed by atoms with Gasteiger partial charge in [-0.05, 0) is 11.0 Å². The van der Waals surface area contributed by atoms with Crippen LogP contribution < -0.4 is 0 Å². The van der Waals surface area contributed by atoms with Crippen molar-refractivity contribution in [3.63, 3.8) is 0 Å². The first-order valence-corrected chi connectivity index (χ1v) is 0. The molecule has 0 saturated carbocycles.